The molecule has 2 fully saturated rings. The zero-order valence-corrected chi connectivity index (χ0v) is 14.7. The number of benzene rings is 1. The number of nitrogens with one attached hydrogen (secondary N) is 2. The van der Waals surface area contributed by atoms with Gasteiger partial charge in [0, 0.05) is 24.0 Å². The zero-order valence-electron chi connectivity index (χ0n) is 13.8. The summed E-state index contributed by atoms with van der Waals surface area (Å²) in [5.74, 6) is 0.646. The topological polar surface area (TPSA) is 66.5 Å². The summed E-state index contributed by atoms with van der Waals surface area (Å²) in [6.07, 6.45) is 1.81. The Balaban J connectivity index is 1.87. The van der Waals surface area contributed by atoms with Gasteiger partial charge in [0.15, 0.2) is 5.11 Å². The number of ether oxygens (including phenoxy) is 1. The molecule has 0 aliphatic carbocycles. The molecule has 0 radical (unpaired) electrons. The minimum absolute atomic E-state index is 0.220. The summed E-state index contributed by atoms with van der Waals surface area (Å²) in [5, 5.41) is 6.87. The Bertz CT molecular complexity index is 903. The molecule has 2 aromatic rings. The second kappa shape index (κ2) is 6.42. The number of hydrogen-bond donors (Lipinski definition) is 2. The summed E-state index contributed by atoms with van der Waals surface area (Å²) in [7, 11) is 0. The Morgan fingerprint density at radius 1 is 1.28 bits per heavy atom. The number of anilines is 1. The van der Waals surface area contributed by atoms with Crippen LogP contribution in [0, 0.1) is 6.92 Å². The van der Waals surface area contributed by atoms with Gasteiger partial charge in [-0.25, -0.2) is 4.98 Å². The number of nitrogens with zero attached hydrogens (tertiary/aromatic N) is 2. The number of aromatic nitrogens is 1. The second-order valence-corrected chi connectivity index (χ2v) is 6.52. The van der Waals surface area contributed by atoms with Crippen LogP contribution in [0.4, 0.5) is 5.82 Å². The number of aryl methyl sites for hydroxylation is 1. The molecule has 1 aromatic carbocycles. The van der Waals surface area contributed by atoms with E-state index in [9.17, 15) is 4.79 Å². The van der Waals surface area contributed by atoms with Crippen molar-refractivity contribution in [1.82, 2.24) is 15.6 Å². The van der Waals surface area contributed by atoms with E-state index in [1.165, 1.54) is 0 Å². The van der Waals surface area contributed by atoms with Crippen molar-refractivity contribution < 1.29 is 9.53 Å². The van der Waals surface area contributed by atoms with Gasteiger partial charge in [0.1, 0.15) is 11.5 Å². The molecule has 0 atom stereocenters. The molecular formula is C18H18N4O2S. The summed E-state index contributed by atoms with van der Waals surface area (Å²) in [6, 6.07) is 8.18. The number of rotatable bonds is 2. The highest BCUT2D eigenvalue weighted by atomic mass is 32.1. The summed E-state index contributed by atoms with van der Waals surface area (Å²) in [5.41, 5.74) is 3.44. The highest BCUT2D eigenvalue weighted by Crippen LogP contribution is 2.28. The zero-order chi connectivity index (χ0) is 17.4. The van der Waals surface area contributed by atoms with Crippen molar-refractivity contribution in [3.63, 3.8) is 0 Å². The fourth-order valence-electron chi connectivity index (χ4n) is 3.13. The van der Waals surface area contributed by atoms with Crippen LogP contribution in [0.25, 0.3) is 17.0 Å². The Labute approximate surface area is 150 Å². The Morgan fingerprint density at radius 2 is 2.08 bits per heavy atom. The van der Waals surface area contributed by atoms with Crippen molar-refractivity contribution in [2.75, 3.05) is 31.2 Å². The maximum atomic E-state index is 12.0. The Hall–Kier alpha value is -2.51. The number of morpholine rings is 1. The van der Waals surface area contributed by atoms with Crippen molar-refractivity contribution in [2.24, 2.45) is 0 Å². The molecule has 25 heavy (non-hydrogen) atoms. The molecule has 0 bridgehead atoms. The van der Waals surface area contributed by atoms with E-state index in [0.29, 0.717) is 24.0 Å². The maximum absolute atomic E-state index is 12.0. The van der Waals surface area contributed by atoms with Crippen LogP contribution in [0.5, 0.6) is 0 Å². The number of carbonyl (C=O) groups excluding carboxylic acids is 1. The van der Waals surface area contributed by atoms with Crippen LogP contribution in [0.1, 0.15) is 11.1 Å². The molecule has 128 valence electrons. The molecule has 1 aromatic heterocycles. The van der Waals surface area contributed by atoms with E-state index in [0.717, 1.165) is 40.9 Å². The van der Waals surface area contributed by atoms with E-state index in [1.807, 2.05) is 18.2 Å². The number of pyridine rings is 1. The van der Waals surface area contributed by atoms with Gasteiger partial charge in [0.25, 0.3) is 5.91 Å². The van der Waals surface area contributed by atoms with Crippen LogP contribution in [-0.2, 0) is 9.53 Å². The first-order chi connectivity index (χ1) is 12.1. The smallest absolute Gasteiger partial charge is 0.273 e. The number of hydrogen-bond acceptors (Lipinski definition) is 5. The van der Waals surface area contributed by atoms with Crippen LogP contribution in [0.15, 0.2) is 30.0 Å². The molecule has 3 heterocycles. The average Bonchev–Trinajstić information content (AvgIpc) is 2.93. The van der Waals surface area contributed by atoms with Gasteiger partial charge in [-0.05, 0) is 36.8 Å². The summed E-state index contributed by atoms with van der Waals surface area (Å²) in [4.78, 5) is 19.1. The van der Waals surface area contributed by atoms with Crippen molar-refractivity contribution >= 4 is 46.0 Å². The van der Waals surface area contributed by atoms with E-state index in [1.54, 1.807) is 0 Å². The fourth-order valence-corrected chi connectivity index (χ4v) is 3.33. The lowest BCUT2D eigenvalue weighted by atomic mass is 10.1. The number of para-hydroxylation sites is 1. The van der Waals surface area contributed by atoms with Crippen molar-refractivity contribution in [2.45, 2.75) is 6.92 Å². The Kier molecular flexibility index (Phi) is 4.10. The molecule has 0 saturated carbocycles. The normalized spacial score (nSPS) is 19.4. The van der Waals surface area contributed by atoms with E-state index >= 15 is 0 Å². The molecule has 6 nitrogen and oxygen atoms in total. The van der Waals surface area contributed by atoms with Crippen LogP contribution in [0.2, 0.25) is 0 Å². The molecule has 2 aliphatic rings. The molecule has 0 spiro atoms. The second-order valence-electron chi connectivity index (χ2n) is 6.11. The average molecular weight is 354 g/mol. The first kappa shape index (κ1) is 16.0. The molecule has 2 N–H and O–H groups in total. The summed E-state index contributed by atoms with van der Waals surface area (Å²) >= 11 is 5.02. The van der Waals surface area contributed by atoms with Crippen LogP contribution < -0.4 is 15.5 Å². The lowest BCUT2D eigenvalue weighted by molar-refractivity contribution is -0.115. The number of thiocarbonyl (C=S) groups is 1. The van der Waals surface area contributed by atoms with E-state index < -0.39 is 0 Å². The summed E-state index contributed by atoms with van der Waals surface area (Å²) in [6.45, 7) is 4.96. The van der Waals surface area contributed by atoms with Gasteiger partial charge in [-0.2, -0.15) is 0 Å². The first-order valence-corrected chi connectivity index (χ1v) is 8.60. The van der Waals surface area contributed by atoms with E-state index in [2.05, 4.69) is 34.6 Å². The van der Waals surface area contributed by atoms with Crippen molar-refractivity contribution in [3.8, 4) is 0 Å². The molecule has 1 amide bonds. The third kappa shape index (κ3) is 3.08. The SMILES string of the molecule is Cc1cccc2cc(C=C3NC(=S)NC3=O)c(N3CCOCC3)nc12. The molecule has 0 unspecified atom stereocenters. The standard InChI is InChI=1S/C18H18N4O2S/c1-11-3-2-4-12-9-13(10-14-17(23)21-18(25)19-14)16(20-15(11)12)22-5-7-24-8-6-22/h2-4,9-10H,5-8H2,1H3,(H2,19,21,23,25). The highest BCUT2D eigenvalue weighted by molar-refractivity contribution is 7.80. The molecule has 2 saturated heterocycles. The lowest BCUT2D eigenvalue weighted by Gasteiger charge is -2.29. The van der Waals surface area contributed by atoms with E-state index in [-0.39, 0.29) is 5.91 Å². The minimum Gasteiger partial charge on any atom is -0.378 e. The predicted molar refractivity (Wildman–Crippen MR) is 101 cm³/mol. The molecule has 7 heteroatoms. The molecule has 4 rings (SSSR count). The fraction of sp³-hybridized carbons (Fsp3) is 0.278. The third-order valence-corrected chi connectivity index (χ3v) is 4.59. The van der Waals surface area contributed by atoms with Crippen LogP contribution >= 0.6 is 12.2 Å². The van der Waals surface area contributed by atoms with Gasteiger partial charge < -0.3 is 15.0 Å². The monoisotopic (exact) mass is 354 g/mol. The first-order valence-electron chi connectivity index (χ1n) is 8.19. The van der Waals surface area contributed by atoms with Gasteiger partial charge >= 0.3 is 0 Å². The number of amides is 1. The number of fused-ring (bicyclic) bond motifs is 1. The Morgan fingerprint density at radius 3 is 2.80 bits per heavy atom. The number of carbonyl (C=O) groups is 1. The third-order valence-electron chi connectivity index (χ3n) is 4.39. The lowest BCUT2D eigenvalue weighted by Crippen LogP contribution is -2.37. The van der Waals surface area contributed by atoms with Crippen LogP contribution in [0.3, 0.4) is 0 Å². The van der Waals surface area contributed by atoms with Crippen molar-refractivity contribution in [3.05, 3.63) is 41.1 Å². The predicted octanol–water partition coefficient (Wildman–Crippen LogP) is 1.73. The van der Waals surface area contributed by atoms with Gasteiger partial charge in [0.05, 0.1) is 18.7 Å². The molecule has 2 aliphatic heterocycles. The van der Waals surface area contributed by atoms with Gasteiger partial charge in [-0.1, -0.05) is 18.2 Å². The summed E-state index contributed by atoms with van der Waals surface area (Å²) < 4.78 is 5.46. The highest BCUT2D eigenvalue weighted by Gasteiger charge is 2.22. The largest absolute Gasteiger partial charge is 0.378 e. The minimum atomic E-state index is -0.220. The maximum Gasteiger partial charge on any atom is 0.273 e. The molecular weight excluding hydrogens is 336 g/mol. The van der Waals surface area contributed by atoms with Gasteiger partial charge in [-0.3, -0.25) is 10.1 Å². The van der Waals surface area contributed by atoms with Gasteiger partial charge in [0.2, 0.25) is 0 Å². The van der Waals surface area contributed by atoms with Crippen LogP contribution in [-0.4, -0.2) is 42.3 Å². The quantitative estimate of drug-likeness (QED) is 0.632. The van der Waals surface area contributed by atoms with E-state index in [4.69, 9.17) is 21.9 Å². The van der Waals surface area contributed by atoms with Crippen molar-refractivity contribution in [1.29, 1.82) is 0 Å². The van der Waals surface area contributed by atoms with Gasteiger partial charge in [-0.15, -0.1) is 0 Å².